The smallest absolute Gasteiger partial charge is 0.257 e. The maximum absolute atomic E-state index is 12.3. The van der Waals surface area contributed by atoms with Crippen molar-refractivity contribution in [3.05, 3.63) is 40.7 Å². The molecular weight excluding hydrogens is 268 g/mol. The van der Waals surface area contributed by atoms with Gasteiger partial charge in [-0.2, -0.15) is 5.10 Å². The predicted octanol–water partition coefficient (Wildman–Crippen LogP) is 1.56. The number of ether oxygens (including phenoxy) is 1. The summed E-state index contributed by atoms with van der Waals surface area (Å²) in [6.07, 6.45) is 0. The fourth-order valence-corrected chi connectivity index (χ4v) is 2.29. The van der Waals surface area contributed by atoms with E-state index in [0.29, 0.717) is 23.5 Å². The van der Waals surface area contributed by atoms with E-state index in [9.17, 15) is 4.79 Å². The van der Waals surface area contributed by atoms with Gasteiger partial charge in [-0.05, 0) is 26.0 Å². The first-order valence-electron chi connectivity index (χ1n) is 6.65. The van der Waals surface area contributed by atoms with Crippen molar-refractivity contribution in [3.63, 3.8) is 0 Å². The van der Waals surface area contributed by atoms with E-state index in [2.05, 4.69) is 10.4 Å². The van der Waals surface area contributed by atoms with Gasteiger partial charge in [0.05, 0.1) is 12.8 Å². The van der Waals surface area contributed by atoms with Gasteiger partial charge >= 0.3 is 0 Å². The molecule has 0 atom stereocenters. The van der Waals surface area contributed by atoms with Gasteiger partial charge in [-0.25, -0.2) is 0 Å². The second-order valence-electron chi connectivity index (χ2n) is 4.88. The maximum atomic E-state index is 12.3. The lowest BCUT2D eigenvalue weighted by Gasteiger charge is -2.11. The average molecular weight is 288 g/mol. The highest BCUT2D eigenvalue weighted by Gasteiger charge is 2.17. The monoisotopic (exact) mass is 288 g/mol. The highest BCUT2D eigenvalue weighted by Crippen LogP contribution is 2.24. The zero-order valence-corrected chi connectivity index (χ0v) is 12.7. The van der Waals surface area contributed by atoms with Crippen molar-refractivity contribution in [1.82, 2.24) is 15.1 Å². The molecule has 1 amide bonds. The van der Waals surface area contributed by atoms with E-state index >= 15 is 0 Å². The zero-order chi connectivity index (χ0) is 15.6. The Kier molecular flexibility index (Phi) is 4.16. The van der Waals surface area contributed by atoms with Crippen LogP contribution in [-0.2, 0) is 13.6 Å². The molecule has 0 fully saturated rings. The third-order valence-electron chi connectivity index (χ3n) is 3.59. The average Bonchev–Trinajstić information content (AvgIpc) is 2.69. The van der Waals surface area contributed by atoms with Gasteiger partial charge in [-0.1, -0.05) is 6.07 Å². The molecule has 6 nitrogen and oxygen atoms in total. The second kappa shape index (κ2) is 5.87. The Hall–Kier alpha value is -2.50. The molecule has 0 saturated heterocycles. The number of aryl methyl sites for hydroxylation is 2. The molecular formula is C15H20N4O2. The Labute approximate surface area is 123 Å². The van der Waals surface area contributed by atoms with Crippen molar-refractivity contribution in [3.8, 4) is 5.75 Å². The van der Waals surface area contributed by atoms with Gasteiger partial charge < -0.3 is 15.8 Å². The van der Waals surface area contributed by atoms with Crippen molar-refractivity contribution in [1.29, 1.82) is 0 Å². The molecule has 0 aliphatic heterocycles. The number of nitrogens with one attached hydrogen (secondary N) is 1. The Morgan fingerprint density at radius 3 is 2.71 bits per heavy atom. The van der Waals surface area contributed by atoms with Crippen LogP contribution in [0.4, 0.5) is 5.69 Å². The van der Waals surface area contributed by atoms with E-state index in [-0.39, 0.29) is 5.91 Å². The molecule has 0 saturated carbocycles. The van der Waals surface area contributed by atoms with E-state index < -0.39 is 0 Å². The lowest BCUT2D eigenvalue weighted by atomic mass is 10.1. The molecule has 2 aromatic rings. The molecule has 21 heavy (non-hydrogen) atoms. The molecule has 3 N–H and O–H groups in total. The zero-order valence-electron chi connectivity index (χ0n) is 12.7. The number of nitrogens with two attached hydrogens (primary N) is 1. The normalized spacial score (nSPS) is 10.5. The minimum absolute atomic E-state index is 0.257. The molecule has 0 aliphatic carbocycles. The van der Waals surface area contributed by atoms with Crippen molar-refractivity contribution < 1.29 is 9.53 Å². The van der Waals surface area contributed by atoms with Crippen molar-refractivity contribution in [2.24, 2.45) is 7.05 Å². The highest BCUT2D eigenvalue weighted by molar-refractivity contribution is 6.01. The molecule has 0 bridgehead atoms. The first-order chi connectivity index (χ1) is 9.95. The molecule has 1 aromatic carbocycles. The number of benzene rings is 1. The minimum Gasteiger partial charge on any atom is -0.496 e. The number of aromatic nitrogens is 2. The van der Waals surface area contributed by atoms with Gasteiger partial charge in [0.25, 0.3) is 5.91 Å². The van der Waals surface area contributed by atoms with E-state index in [0.717, 1.165) is 17.0 Å². The van der Waals surface area contributed by atoms with Crippen LogP contribution in [-0.4, -0.2) is 22.8 Å². The molecule has 0 aliphatic rings. The van der Waals surface area contributed by atoms with Crippen LogP contribution in [0.5, 0.6) is 5.75 Å². The summed E-state index contributed by atoms with van der Waals surface area (Å²) in [6, 6.07) is 5.14. The summed E-state index contributed by atoms with van der Waals surface area (Å²) < 4.78 is 6.99. The SMILES string of the molecule is COc1cccc(N)c1C(=O)NCc1c(C)nn(C)c1C. The first-order valence-corrected chi connectivity index (χ1v) is 6.65. The maximum Gasteiger partial charge on any atom is 0.257 e. The van der Waals surface area contributed by atoms with Crippen LogP contribution in [0.25, 0.3) is 0 Å². The van der Waals surface area contributed by atoms with Gasteiger partial charge in [0.2, 0.25) is 0 Å². The van der Waals surface area contributed by atoms with E-state index in [1.165, 1.54) is 7.11 Å². The van der Waals surface area contributed by atoms with Gasteiger partial charge in [0, 0.05) is 30.5 Å². The molecule has 0 unspecified atom stereocenters. The standard InChI is InChI=1S/C15H20N4O2/c1-9-11(10(2)19(3)18-9)8-17-15(20)14-12(16)6-5-7-13(14)21-4/h5-7H,8,16H2,1-4H3,(H,17,20). The van der Waals surface area contributed by atoms with Crippen molar-refractivity contribution >= 4 is 11.6 Å². The van der Waals surface area contributed by atoms with Crippen LogP contribution in [0.2, 0.25) is 0 Å². The first kappa shape index (κ1) is 14.9. The number of rotatable bonds is 4. The summed E-state index contributed by atoms with van der Waals surface area (Å²) in [7, 11) is 3.40. The van der Waals surface area contributed by atoms with Crippen molar-refractivity contribution in [2.75, 3.05) is 12.8 Å². The summed E-state index contributed by atoms with van der Waals surface area (Å²) in [6.45, 7) is 4.30. The lowest BCUT2D eigenvalue weighted by Crippen LogP contribution is -2.25. The van der Waals surface area contributed by atoms with Gasteiger partial charge in [0.1, 0.15) is 11.3 Å². The third kappa shape index (κ3) is 2.84. The predicted molar refractivity (Wildman–Crippen MR) is 81.3 cm³/mol. The number of carbonyl (C=O) groups is 1. The lowest BCUT2D eigenvalue weighted by molar-refractivity contribution is 0.0949. The second-order valence-corrected chi connectivity index (χ2v) is 4.88. The van der Waals surface area contributed by atoms with Crippen LogP contribution >= 0.6 is 0 Å². The molecule has 6 heteroatoms. The largest absolute Gasteiger partial charge is 0.496 e. The quantitative estimate of drug-likeness (QED) is 0.836. The minimum atomic E-state index is -0.257. The third-order valence-corrected chi connectivity index (χ3v) is 3.59. The Morgan fingerprint density at radius 1 is 1.43 bits per heavy atom. The van der Waals surface area contributed by atoms with Crippen LogP contribution < -0.4 is 15.8 Å². The Morgan fingerprint density at radius 2 is 2.14 bits per heavy atom. The summed E-state index contributed by atoms with van der Waals surface area (Å²) in [5, 5.41) is 7.20. The number of hydrogen-bond acceptors (Lipinski definition) is 4. The van der Waals surface area contributed by atoms with Crippen LogP contribution in [0, 0.1) is 13.8 Å². The fraction of sp³-hybridized carbons (Fsp3) is 0.333. The summed E-state index contributed by atoms with van der Waals surface area (Å²) in [4.78, 5) is 12.3. The van der Waals surface area contributed by atoms with E-state index in [1.54, 1.807) is 22.9 Å². The number of amides is 1. The van der Waals surface area contributed by atoms with Gasteiger partial charge in [0.15, 0.2) is 0 Å². The molecule has 0 radical (unpaired) electrons. The number of carbonyl (C=O) groups excluding carboxylic acids is 1. The van der Waals surface area contributed by atoms with E-state index in [1.807, 2.05) is 20.9 Å². The van der Waals surface area contributed by atoms with Crippen LogP contribution in [0.1, 0.15) is 27.3 Å². The highest BCUT2D eigenvalue weighted by atomic mass is 16.5. The number of hydrogen-bond donors (Lipinski definition) is 2. The number of methoxy groups -OCH3 is 1. The molecule has 1 heterocycles. The molecule has 112 valence electrons. The summed E-state index contributed by atoms with van der Waals surface area (Å²) in [5.41, 5.74) is 9.58. The van der Waals surface area contributed by atoms with Crippen molar-refractivity contribution in [2.45, 2.75) is 20.4 Å². The molecule has 0 spiro atoms. The van der Waals surface area contributed by atoms with Crippen LogP contribution in [0.15, 0.2) is 18.2 Å². The number of nitrogen functional groups attached to an aromatic ring is 1. The molecule has 2 rings (SSSR count). The van der Waals surface area contributed by atoms with E-state index in [4.69, 9.17) is 10.5 Å². The fourth-order valence-electron chi connectivity index (χ4n) is 2.29. The molecule has 1 aromatic heterocycles. The summed E-state index contributed by atoms with van der Waals surface area (Å²) in [5.74, 6) is 0.208. The topological polar surface area (TPSA) is 82.2 Å². The Balaban J connectivity index is 2.20. The summed E-state index contributed by atoms with van der Waals surface area (Å²) >= 11 is 0. The number of anilines is 1. The van der Waals surface area contributed by atoms with Crippen LogP contribution in [0.3, 0.4) is 0 Å². The number of nitrogens with zero attached hydrogens (tertiary/aromatic N) is 2. The van der Waals surface area contributed by atoms with Gasteiger partial charge in [-0.15, -0.1) is 0 Å². The Bertz CT molecular complexity index is 677. The van der Waals surface area contributed by atoms with Gasteiger partial charge in [-0.3, -0.25) is 9.48 Å².